The lowest BCUT2D eigenvalue weighted by Crippen LogP contribution is -2.28. The van der Waals surface area contributed by atoms with Gasteiger partial charge in [-0.25, -0.2) is 22.9 Å². The predicted molar refractivity (Wildman–Crippen MR) is 158 cm³/mol. The number of thiazole rings is 1. The van der Waals surface area contributed by atoms with Crippen molar-refractivity contribution >= 4 is 61.6 Å². The van der Waals surface area contributed by atoms with Gasteiger partial charge in [0.25, 0.3) is 5.56 Å². The van der Waals surface area contributed by atoms with Gasteiger partial charge in [0.05, 0.1) is 29.0 Å². The van der Waals surface area contributed by atoms with E-state index in [2.05, 4.69) is 5.32 Å². The predicted octanol–water partition coefficient (Wildman–Crippen LogP) is 3.39. The van der Waals surface area contributed by atoms with Gasteiger partial charge in [-0.2, -0.15) is 0 Å². The Morgan fingerprint density at radius 3 is 2.61 bits per heavy atom. The van der Waals surface area contributed by atoms with Gasteiger partial charge in [0.15, 0.2) is 14.8 Å². The molecule has 1 unspecified atom stereocenters. The van der Waals surface area contributed by atoms with E-state index in [9.17, 15) is 22.4 Å². The summed E-state index contributed by atoms with van der Waals surface area (Å²) in [5.74, 6) is -0.750. The molecule has 5 rings (SSSR count). The van der Waals surface area contributed by atoms with Crippen LogP contribution < -0.4 is 16.0 Å². The first-order valence-corrected chi connectivity index (χ1v) is 16.4. The number of primary sulfonamides is 1. The largest absolute Gasteiger partial charge is 0.376 e. The summed E-state index contributed by atoms with van der Waals surface area (Å²) in [5, 5.41) is 8.23. The highest BCUT2D eigenvalue weighted by molar-refractivity contribution is 7.99. The SMILES string of the molecule is NS(=O)(=O)c1ccc(CCNC(=O)CSc2nc3c(sc(=S)n3CC3CCCO3)c(=O)n2-c2ccc(F)cc2)cc1. The number of nitrogens with two attached hydrogens (primary N) is 1. The van der Waals surface area contributed by atoms with Crippen LogP contribution >= 0.6 is 35.3 Å². The summed E-state index contributed by atoms with van der Waals surface area (Å²) in [6.07, 6.45) is 2.32. The van der Waals surface area contributed by atoms with Crippen molar-refractivity contribution in [2.75, 3.05) is 18.9 Å². The number of carbonyl (C=O) groups is 1. The lowest BCUT2D eigenvalue weighted by molar-refractivity contribution is -0.118. The van der Waals surface area contributed by atoms with E-state index < -0.39 is 15.8 Å². The molecule has 1 saturated heterocycles. The second-order valence-electron chi connectivity index (χ2n) is 9.36. The third-order valence-electron chi connectivity index (χ3n) is 6.47. The number of sulfonamides is 1. The van der Waals surface area contributed by atoms with E-state index in [-0.39, 0.29) is 33.4 Å². The van der Waals surface area contributed by atoms with Crippen molar-refractivity contribution in [3.05, 3.63) is 74.2 Å². The highest BCUT2D eigenvalue weighted by Gasteiger charge is 2.22. The molecule has 1 atom stereocenters. The fraction of sp³-hybridized carbons (Fsp3) is 0.308. The maximum Gasteiger partial charge on any atom is 0.278 e. The number of halogens is 1. The molecular formula is C26H26FN5O5S4. The van der Waals surface area contributed by atoms with Crippen LogP contribution in [0, 0.1) is 9.77 Å². The van der Waals surface area contributed by atoms with Gasteiger partial charge in [0.1, 0.15) is 10.5 Å². The molecule has 41 heavy (non-hydrogen) atoms. The molecule has 216 valence electrons. The Kier molecular flexibility index (Phi) is 9.01. The lowest BCUT2D eigenvalue weighted by atomic mass is 10.1. The second kappa shape index (κ2) is 12.5. The van der Waals surface area contributed by atoms with Crippen LogP contribution in [-0.2, 0) is 32.5 Å². The Morgan fingerprint density at radius 1 is 1.22 bits per heavy atom. The van der Waals surface area contributed by atoms with E-state index in [0.717, 1.165) is 30.2 Å². The number of thioether (sulfide) groups is 1. The van der Waals surface area contributed by atoms with Gasteiger partial charge in [-0.15, -0.1) is 0 Å². The van der Waals surface area contributed by atoms with E-state index >= 15 is 0 Å². The van der Waals surface area contributed by atoms with Crippen LogP contribution in [0.2, 0.25) is 0 Å². The van der Waals surface area contributed by atoms with Gasteiger partial charge in [0, 0.05) is 13.2 Å². The summed E-state index contributed by atoms with van der Waals surface area (Å²) in [6, 6.07) is 11.6. The van der Waals surface area contributed by atoms with E-state index in [1.54, 1.807) is 12.1 Å². The first-order chi connectivity index (χ1) is 19.6. The fourth-order valence-electron chi connectivity index (χ4n) is 4.42. The third-order valence-corrected chi connectivity index (χ3v) is 9.77. The van der Waals surface area contributed by atoms with Crippen LogP contribution in [0.15, 0.2) is 63.4 Å². The van der Waals surface area contributed by atoms with Gasteiger partial charge in [-0.3, -0.25) is 14.2 Å². The van der Waals surface area contributed by atoms with Crippen molar-refractivity contribution in [3.8, 4) is 5.69 Å². The average Bonchev–Trinajstić information content (AvgIpc) is 3.56. The molecule has 3 N–H and O–H groups in total. The highest BCUT2D eigenvalue weighted by atomic mass is 32.2. The van der Waals surface area contributed by atoms with Crippen LogP contribution in [-0.4, -0.2) is 53.5 Å². The minimum atomic E-state index is -3.77. The summed E-state index contributed by atoms with van der Waals surface area (Å²) < 4.78 is 46.3. The molecule has 1 aliphatic rings. The molecule has 1 amide bonds. The van der Waals surface area contributed by atoms with Crippen LogP contribution in [0.3, 0.4) is 0 Å². The van der Waals surface area contributed by atoms with Crippen molar-refractivity contribution in [1.29, 1.82) is 0 Å². The fourth-order valence-corrected chi connectivity index (χ4v) is 7.05. The molecule has 1 fully saturated rings. The van der Waals surface area contributed by atoms with Crippen molar-refractivity contribution in [2.45, 2.75) is 42.0 Å². The van der Waals surface area contributed by atoms with Gasteiger partial charge in [-0.05, 0) is 73.4 Å². The molecule has 0 saturated carbocycles. The zero-order valence-electron chi connectivity index (χ0n) is 21.6. The van der Waals surface area contributed by atoms with Crippen LogP contribution in [0.4, 0.5) is 4.39 Å². The molecule has 0 bridgehead atoms. The average molecular weight is 636 g/mol. The molecular weight excluding hydrogens is 610 g/mol. The maximum absolute atomic E-state index is 13.7. The molecule has 2 aromatic carbocycles. The summed E-state index contributed by atoms with van der Waals surface area (Å²) in [6.45, 7) is 1.48. The number of hydrogen-bond acceptors (Lipinski definition) is 9. The first-order valence-electron chi connectivity index (χ1n) is 12.7. The number of rotatable bonds is 10. The summed E-state index contributed by atoms with van der Waals surface area (Å²) in [5.41, 5.74) is 1.33. The molecule has 1 aliphatic heterocycles. The first kappa shape index (κ1) is 29.5. The number of nitrogens with one attached hydrogen (secondary N) is 1. The van der Waals surface area contributed by atoms with Crippen molar-refractivity contribution in [2.24, 2.45) is 5.14 Å². The smallest absolute Gasteiger partial charge is 0.278 e. The normalized spacial score (nSPS) is 15.4. The Hall–Kier alpha value is -2.95. The Bertz CT molecular complexity index is 1800. The zero-order chi connectivity index (χ0) is 29.1. The molecule has 0 aliphatic carbocycles. The summed E-state index contributed by atoms with van der Waals surface area (Å²) in [4.78, 5) is 31.2. The molecule has 15 heteroatoms. The van der Waals surface area contributed by atoms with Gasteiger partial charge < -0.3 is 14.6 Å². The number of carbonyl (C=O) groups excluding carboxylic acids is 1. The van der Waals surface area contributed by atoms with Crippen molar-refractivity contribution in [1.82, 2.24) is 19.4 Å². The number of fused-ring (bicyclic) bond motifs is 1. The molecule has 10 nitrogen and oxygen atoms in total. The Labute approximate surface area is 248 Å². The lowest BCUT2D eigenvalue weighted by Gasteiger charge is -2.14. The second-order valence-corrected chi connectivity index (χ2v) is 13.5. The van der Waals surface area contributed by atoms with Crippen LogP contribution in [0.5, 0.6) is 0 Å². The van der Waals surface area contributed by atoms with Gasteiger partial charge in [-0.1, -0.05) is 35.2 Å². The quantitative estimate of drug-likeness (QED) is 0.154. The van der Waals surface area contributed by atoms with E-state index in [0.29, 0.717) is 46.1 Å². The standard InChI is InChI=1S/C26H26FN5O5S4/c27-17-5-7-18(8-6-17)32-24(34)22-23(31(26(38)40-22)14-19-2-1-13-37-19)30-25(32)39-15-21(33)29-12-11-16-3-9-20(10-4-16)41(28,35)36/h3-10,19H,1-2,11-15H2,(H,29,33)(H2,28,35,36). The van der Waals surface area contributed by atoms with E-state index in [4.69, 9.17) is 27.1 Å². The number of amides is 1. The van der Waals surface area contributed by atoms with Crippen LogP contribution in [0.1, 0.15) is 18.4 Å². The van der Waals surface area contributed by atoms with Gasteiger partial charge >= 0.3 is 0 Å². The zero-order valence-corrected chi connectivity index (χ0v) is 24.9. The summed E-state index contributed by atoms with van der Waals surface area (Å²) in [7, 11) is -3.77. The molecule has 4 aromatic rings. The summed E-state index contributed by atoms with van der Waals surface area (Å²) >= 11 is 7.82. The van der Waals surface area contributed by atoms with Crippen LogP contribution in [0.25, 0.3) is 16.0 Å². The molecule has 3 heterocycles. The number of nitrogens with zero attached hydrogens (tertiary/aromatic N) is 3. The number of hydrogen-bond donors (Lipinski definition) is 2. The minimum Gasteiger partial charge on any atom is -0.376 e. The van der Waals surface area contributed by atoms with Gasteiger partial charge in [0.2, 0.25) is 15.9 Å². The topological polar surface area (TPSA) is 138 Å². The Morgan fingerprint density at radius 2 is 1.95 bits per heavy atom. The molecule has 0 radical (unpaired) electrons. The van der Waals surface area contributed by atoms with E-state index in [1.807, 2.05) is 4.57 Å². The number of benzene rings is 2. The maximum atomic E-state index is 13.7. The third kappa shape index (κ3) is 6.93. The Balaban J connectivity index is 1.35. The van der Waals surface area contributed by atoms with Crippen molar-refractivity contribution in [3.63, 3.8) is 0 Å². The van der Waals surface area contributed by atoms with E-state index in [1.165, 1.54) is 52.3 Å². The van der Waals surface area contributed by atoms with Crippen molar-refractivity contribution < 1.29 is 22.3 Å². The number of aromatic nitrogens is 3. The minimum absolute atomic E-state index is 0.0152. The number of ether oxygens (including phenoxy) is 1. The molecule has 0 spiro atoms. The highest BCUT2D eigenvalue weighted by Crippen LogP contribution is 2.26. The molecule has 2 aromatic heterocycles. The monoisotopic (exact) mass is 635 g/mol.